The maximum Gasteiger partial charge on any atom is 0.416 e. The summed E-state index contributed by atoms with van der Waals surface area (Å²) in [5.41, 5.74) is -0.850. The molecule has 0 bridgehead atoms. The van der Waals surface area contributed by atoms with Gasteiger partial charge in [0.25, 0.3) is 10.0 Å². The number of hydrogen-bond acceptors (Lipinski definition) is 3. The summed E-state index contributed by atoms with van der Waals surface area (Å²) in [4.78, 5) is 3.48. The number of rotatable bonds is 3. The standard InChI is InChI=1S/C12H8ClF3N2O2S/c13-11-6-5-10(7-17-11)21(19,20)18-9-3-1-8(2-4-9)12(14,15)16/h1-7,18H. The molecule has 0 aliphatic rings. The van der Waals surface area contributed by atoms with Crippen LogP contribution in [0.3, 0.4) is 0 Å². The lowest BCUT2D eigenvalue weighted by molar-refractivity contribution is -0.137. The van der Waals surface area contributed by atoms with E-state index in [1.54, 1.807) is 0 Å². The zero-order chi connectivity index (χ0) is 15.7. The summed E-state index contributed by atoms with van der Waals surface area (Å²) >= 11 is 5.55. The first-order valence-electron chi connectivity index (χ1n) is 5.50. The monoisotopic (exact) mass is 336 g/mol. The van der Waals surface area contributed by atoms with Crippen LogP contribution in [0.1, 0.15) is 5.56 Å². The highest BCUT2D eigenvalue weighted by atomic mass is 35.5. The summed E-state index contributed by atoms with van der Waals surface area (Å²) in [6.07, 6.45) is -3.42. The summed E-state index contributed by atoms with van der Waals surface area (Å²) in [5, 5.41) is 0.128. The van der Waals surface area contributed by atoms with Gasteiger partial charge in [0.15, 0.2) is 0 Å². The van der Waals surface area contributed by atoms with Crippen LogP contribution in [0.25, 0.3) is 0 Å². The van der Waals surface area contributed by atoms with E-state index in [-0.39, 0.29) is 15.7 Å². The van der Waals surface area contributed by atoms with Gasteiger partial charge in [0, 0.05) is 11.9 Å². The van der Waals surface area contributed by atoms with Gasteiger partial charge in [-0.1, -0.05) is 11.6 Å². The van der Waals surface area contributed by atoms with Crippen molar-refractivity contribution in [2.24, 2.45) is 0 Å². The molecule has 4 nitrogen and oxygen atoms in total. The fourth-order valence-electron chi connectivity index (χ4n) is 1.46. The van der Waals surface area contributed by atoms with Crippen LogP contribution >= 0.6 is 11.6 Å². The lowest BCUT2D eigenvalue weighted by Gasteiger charge is -2.10. The number of alkyl halides is 3. The summed E-state index contributed by atoms with van der Waals surface area (Å²) in [7, 11) is -3.93. The number of pyridine rings is 1. The van der Waals surface area contributed by atoms with Crippen molar-refractivity contribution in [2.75, 3.05) is 4.72 Å². The van der Waals surface area contributed by atoms with Crippen molar-refractivity contribution in [2.45, 2.75) is 11.1 Å². The average molecular weight is 337 g/mol. The number of nitrogens with zero attached hydrogens (tertiary/aromatic N) is 1. The second-order valence-corrected chi connectivity index (χ2v) is 6.07. The highest BCUT2D eigenvalue weighted by Crippen LogP contribution is 2.30. The van der Waals surface area contributed by atoms with E-state index in [9.17, 15) is 21.6 Å². The van der Waals surface area contributed by atoms with Crippen LogP contribution in [0.4, 0.5) is 18.9 Å². The largest absolute Gasteiger partial charge is 0.416 e. The van der Waals surface area contributed by atoms with E-state index in [0.717, 1.165) is 30.5 Å². The van der Waals surface area contributed by atoms with Crippen molar-refractivity contribution in [3.8, 4) is 0 Å². The lowest BCUT2D eigenvalue weighted by Crippen LogP contribution is -2.13. The van der Waals surface area contributed by atoms with E-state index in [0.29, 0.717) is 0 Å². The normalized spacial score (nSPS) is 12.2. The molecule has 1 aromatic carbocycles. The first kappa shape index (κ1) is 15.6. The molecule has 1 aromatic heterocycles. The average Bonchev–Trinajstić information content (AvgIpc) is 2.38. The van der Waals surface area contributed by atoms with Gasteiger partial charge in [0.1, 0.15) is 10.0 Å². The van der Waals surface area contributed by atoms with E-state index in [2.05, 4.69) is 9.71 Å². The molecule has 0 amide bonds. The van der Waals surface area contributed by atoms with Crippen molar-refractivity contribution >= 4 is 27.3 Å². The molecule has 9 heteroatoms. The predicted molar refractivity (Wildman–Crippen MR) is 71.5 cm³/mol. The third kappa shape index (κ3) is 3.85. The lowest BCUT2D eigenvalue weighted by atomic mass is 10.2. The van der Waals surface area contributed by atoms with Gasteiger partial charge >= 0.3 is 6.18 Å². The van der Waals surface area contributed by atoms with Crippen LogP contribution in [0, 0.1) is 0 Å². The number of aromatic nitrogens is 1. The molecule has 0 fully saturated rings. The minimum atomic E-state index is -4.47. The Morgan fingerprint density at radius 1 is 1.05 bits per heavy atom. The molecular weight excluding hydrogens is 329 g/mol. The van der Waals surface area contributed by atoms with Gasteiger partial charge in [-0.05, 0) is 36.4 Å². The van der Waals surface area contributed by atoms with Crippen molar-refractivity contribution in [3.63, 3.8) is 0 Å². The third-order valence-electron chi connectivity index (χ3n) is 2.47. The fourth-order valence-corrected chi connectivity index (χ4v) is 2.58. The van der Waals surface area contributed by atoms with Crippen LogP contribution in [-0.2, 0) is 16.2 Å². The summed E-state index contributed by atoms with van der Waals surface area (Å²) in [6, 6.07) is 6.17. The maximum absolute atomic E-state index is 12.4. The molecular formula is C12H8ClF3N2O2S. The van der Waals surface area contributed by atoms with Crippen LogP contribution < -0.4 is 4.72 Å². The van der Waals surface area contributed by atoms with Gasteiger partial charge in [-0.15, -0.1) is 0 Å². The number of sulfonamides is 1. The fraction of sp³-hybridized carbons (Fsp3) is 0.0833. The van der Waals surface area contributed by atoms with Gasteiger partial charge in [-0.3, -0.25) is 4.72 Å². The Kier molecular flexibility index (Phi) is 4.11. The van der Waals surface area contributed by atoms with Crippen LogP contribution in [0.2, 0.25) is 5.15 Å². The Hall–Kier alpha value is -1.80. The molecule has 1 heterocycles. The summed E-state index contributed by atoms with van der Waals surface area (Å²) in [6.45, 7) is 0. The van der Waals surface area contributed by atoms with Gasteiger partial charge in [-0.2, -0.15) is 13.2 Å². The van der Waals surface area contributed by atoms with Gasteiger partial charge < -0.3 is 0 Å². The number of benzene rings is 1. The zero-order valence-corrected chi connectivity index (χ0v) is 11.8. The van der Waals surface area contributed by atoms with Gasteiger partial charge in [0.05, 0.1) is 5.56 Å². The van der Waals surface area contributed by atoms with E-state index >= 15 is 0 Å². The second-order valence-electron chi connectivity index (χ2n) is 4.00. The Balaban J connectivity index is 2.23. The molecule has 2 aromatic rings. The second kappa shape index (κ2) is 5.53. The van der Waals surface area contributed by atoms with Gasteiger partial charge in [-0.25, -0.2) is 13.4 Å². The molecule has 0 spiro atoms. The minimum absolute atomic E-state index is 0.0120. The van der Waals surface area contributed by atoms with E-state index in [1.807, 2.05) is 0 Å². The molecule has 0 unspecified atom stereocenters. The number of anilines is 1. The third-order valence-corrected chi connectivity index (χ3v) is 4.07. The molecule has 2 rings (SSSR count). The smallest absolute Gasteiger partial charge is 0.280 e. The maximum atomic E-state index is 12.4. The van der Waals surface area contributed by atoms with Crippen molar-refractivity contribution in [1.82, 2.24) is 4.98 Å². The molecule has 21 heavy (non-hydrogen) atoms. The highest BCUT2D eigenvalue weighted by molar-refractivity contribution is 7.92. The van der Waals surface area contributed by atoms with Crippen LogP contribution in [0.15, 0.2) is 47.5 Å². The van der Waals surface area contributed by atoms with E-state index < -0.39 is 21.8 Å². The predicted octanol–water partition coefficient (Wildman–Crippen LogP) is 3.55. The Labute approximate surface area is 123 Å². The molecule has 0 saturated carbocycles. The molecule has 0 saturated heterocycles. The Morgan fingerprint density at radius 3 is 2.14 bits per heavy atom. The van der Waals surface area contributed by atoms with Crippen molar-refractivity contribution in [3.05, 3.63) is 53.3 Å². The van der Waals surface area contributed by atoms with Crippen molar-refractivity contribution in [1.29, 1.82) is 0 Å². The van der Waals surface area contributed by atoms with E-state index in [1.165, 1.54) is 12.1 Å². The molecule has 0 aliphatic carbocycles. The SMILES string of the molecule is O=S(=O)(Nc1ccc(C(F)(F)F)cc1)c1ccc(Cl)nc1. The van der Waals surface area contributed by atoms with Crippen LogP contribution in [-0.4, -0.2) is 13.4 Å². The molecule has 0 radical (unpaired) electrons. The highest BCUT2D eigenvalue weighted by Gasteiger charge is 2.30. The van der Waals surface area contributed by atoms with E-state index in [4.69, 9.17) is 11.6 Å². The first-order valence-corrected chi connectivity index (χ1v) is 7.36. The van der Waals surface area contributed by atoms with Gasteiger partial charge in [0.2, 0.25) is 0 Å². The Bertz CT molecular complexity index is 729. The minimum Gasteiger partial charge on any atom is -0.280 e. The molecule has 112 valence electrons. The number of halogens is 4. The quantitative estimate of drug-likeness (QED) is 0.872. The molecule has 1 N–H and O–H groups in total. The molecule has 0 atom stereocenters. The topological polar surface area (TPSA) is 59.1 Å². The zero-order valence-electron chi connectivity index (χ0n) is 10.2. The summed E-state index contributed by atoms with van der Waals surface area (Å²) < 4.78 is 63.3. The summed E-state index contributed by atoms with van der Waals surface area (Å²) in [5.74, 6) is 0. The number of hydrogen-bond donors (Lipinski definition) is 1. The number of nitrogens with one attached hydrogen (secondary N) is 1. The Morgan fingerprint density at radius 2 is 1.67 bits per heavy atom. The van der Waals surface area contributed by atoms with Crippen molar-refractivity contribution < 1.29 is 21.6 Å². The first-order chi connectivity index (χ1) is 9.68. The molecule has 0 aliphatic heterocycles. The van der Waals surface area contributed by atoms with Crippen LogP contribution in [0.5, 0.6) is 0 Å².